The second-order valence-electron chi connectivity index (χ2n) is 16.3. The summed E-state index contributed by atoms with van der Waals surface area (Å²) in [6.45, 7) is 11.3. The Balaban J connectivity index is 0.00000220. The Morgan fingerprint density at radius 2 is 1.63 bits per heavy atom. The predicted molar refractivity (Wildman–Crippen MR) is 219 cm³/mol. The molecule has 3 aromatic heterocycles. The number of piperidine rings is 1. The number of carbonyl (C=O) groups excluding carboxylic acids is 2. The second kappa shape index (κ2) is 13.3. The van der Waals surface area contributed by atoms with Gasteiger partial charge in [0.25, 0.3) is 5.91 Å². The number of amides is 1. The van der Waals surface area contributed by atoms with E-state index in [4.69, 9.17) is 4.98 Å². The summed E-state index contributed by atoms with van der Waals surface area (Å²) in [7, 11) is 0. The van der Waals surface area contributed by atoms with Crippen molar-refractivity contribution < 1.29 is 12.4 Å². The Bertz CT molecular complexity index is 2330. The van der Waals surface area contributed by atoms with Gasteiger partial charge in [0.15, 0.2) is 0 Å². The van der Waals surface area contributed by atoms with Crippen molar-refractivity contribution >= 4 is 50.7 Å². The lowest BCUT2D eigenvalue weighted by Gasteiger charge is -2.40. The van der Waals surface area contributed by atoms with Gasteiger partial charge in [-0.15, -0.1) is 5.73 Å². The molecule has 6 heterocycles. The lowest BCUT2D eigenvalue weighted by molar-refractivity contribution is -0.119. The number of nitrogens with zero attached hydrogens (tertiary/aromatic N) is 6. The van der Waals surface area contributed by atoms with Gasteiger partial charge in [-0.1, -0.05) is 18.7 Å². The zero-order chi connectivity index (χ0) is 36.4. The molecule has 0 bridgehead atoms. The van der Waals surface area contributed by atoms with Gasteiger partial charge in [-0.3, -0.25) is 24.4 Å². The Labute approximate surface area is 319 Å². The molecule has 10 rings (SSSR count). The number of nitrogens with one attached hydrogen (secondary N) is 1. The van der Waals surface area contributed by atoms with E-state index in [0.717, 1.165) is 127 Å². The van der Waals surface area contributed by atoms with Crippen molar-refractivity contribution in [1.29, 1.82) is 0 Å². The van der Waals surface area contributed by atoms with Crippen LogP contribution in [0.4, 0.5) is 11.5 Å². The molecule has 2 aromatic carbocycles. The van der Waals surface area contributed by atoms with Crippen LogP contribution >= 0.6 is 0 Å². The average Bonchev–Trinajstić information content (AvgIpc) is 3.87. The Hall–Kier alpha value is -5.24. The number of piperazine rings is 1. The standard InChI is InChI=1S/C45H47N7O2.2H2/c1-2-41-37-26-33(5-8-36(37)44(54)52(41)42-9-6-34(53)11-15-45(42)16-17-45)50-23-21-49(22-24-50)29-30-13-19-51(20-14-30)43-10-4-32(27-47-43)31-3-7-35-38-28-46-18-12-39(38)48-40(35)25-31;;/h3-5,7-8,10,12,18,25-28,30,42,48H,1,6,9,11,13-17,19-24,29H2;2*1H. The number of ketones is 1. The maximum Gasteiger partial charge on any atom is 0.259 e. The van der Waals surface area contributed by atoms with E-state index in [2.05, 4.69) is 79.4 Å². The van der Waals surface area contributed by atoms with Gasteiger partial charge in [-0.25, -0.2) is 4.98 Å². The van der Waals surface area contributed by atoms with Crippen LogP contribution in [0.5, 0.6) is 0 Å². The minimum atomic E-state index is 0. The Morgan fingerprint density at radius 1 is 0.796 bits per heavy atom. The van der Waals surface area contributed by atoms with Crippen LogP contribution in [-0.4, -0.2) is 88.3 Å². The third-order valence-corrected chi connectivity index (χ3v) is 13.3. The summed E-state index contributed by atoms with van der Waals surface area (Å²) in [5, 5.41) is 2.34. The monoisotopic (exact) mass is 721 g/mol. The van der Waals surface area contributed by atoms with Crippen molar-refractivity contribution in [3.63, 3.8) is 0 Å². The first-order chi connectivity index (χ1) is 26.5. The van der Waals surface area contributed by atoms with Gasteiger partial charge in [0.05, 0.1) is 11.3 Å². The third kappa shape index (κ3) is 5.82. The van der Waals surface area contributed by atoms with Crippen molar-refractivity contribution in [2.45, 2.75) is 57.4 Å². The fourth-order valence-corrected chi connectivity index (χ4v) is 9.95. The van der Waals surface area contributed by atoms with Gasteiger partial charge >= 0.3 is 0 Å². The molecule has 1 unspecified atom stereocenters. The first-order valence-corrected chi connectivity index (χ1v) is 19.9. The molecule has 54 heavy (non-hydrogen) atoms. The van der Waals surface area contributed by atoms with Gasteiger partial charge < -0.3 is 14.8 Å². The molecule has 2 saturated heterocycles. The number of hydrogen-bond acceptors (Lipinski definition) is 7. The molecule has 0 radical (unpaired) electrons. The van der Waals surface area contributed by atoms with Crippen molar-refractivity contribution in [2.75, 3.05) is 55.6 Å². The molecule has 1 atom stereocenters. The molecule has 4 fully saturated rings. The summed E-state index contributed by atoms with van der Waals surface area (Å²) < 4.78 is 0. The topological polar surface area (TPSA) is 88.7 Å². The quantitative estimate of drug-likeness (QED) is 0.177. The molecular weight excluding hydrogens is 671 g/mol. The number of rotatable bonds is 6. The molecule has 9 nitrogen and oxygen atoms in total. The molecule has 2 saturated carbocycles. The number of aromatic amines is 1. The number of hydrogen-bond donors (Lipinski definition) is 1. The summed E-state index contributed by atoms with van der Waals surface area (Å²) in [6, 6.07) is 19.3. The minimum Gasteiger partial charge on any atom is -0.369 e. The van der Waals surface area contributed by atoms with E-state index in [0.29, 0.717) is 24.5 Å². The number of benzene rings is 2. The number of aromatic nitrogens is 3. The van der Waals surface area contributed by atoms with E-state index in [1.807, 2.05) is 35.6 Å². The fraction of sp³-hybridized carbons (Fsp3) is 0.400. The largest absolute Gasteiger partial charge is 0.369 e. The molecule has 2 aliphatic carbocycles. The average molecular weight is 722 g/mol. The number of Topliss-reactive ketones (excluding diaryl/α,β-unsaturated/α-hetero) is 1. The Morgan fingerprint density at radius 3 is 2.41 bits per heavy atom. The summed E-state index contributed by atoms with van der Waals surface area (Å²) in [5.41, 5.74) is 11.4. The molecular formula is C45H51N7O2. The van der Waals surface area contributed by atoms with Crippen molar-refractivity contribution in [1.82, 2.24) is 24.8 Å². The van der Waals surface area contributed by atoms with Crippen LogP contribution in [0.3, 0.4) is 0 Å². The lowest BCUT2D eigenvalue weighted by Crippen LogP contribution is -2.49. The molecule has 278 valence electrons. The van der Waals surface area contributed by atoms with Crippen molar-refractivity contribution in [3.05, 3.63) is 96.6 Å². The van der Waals surface area contributed by atoms with E-state index < -0.39 is 0 Å². The highest BCUT2D eigenvalue weighted by Crippen LogP contribution is 2.58. The maximum absolute atomic E-state index is 13.8. The van der Waals surface area contributed by atoms with Gasteiger partial charge in [-0.05, 0) is 97.9 Å². The van der Waals surface area contributed by atoms with Crippen LogP contribution in [0, 0.1) is 11.3 Å². The van der Waals surface area contributed by atoms with E-state index in [9.17, 15) is 9.59 Å². The van der Waals surface area contributed by atoms with Crippen LogP contribution in [0.15, 0.2) is 85.5 Å². The summed E-state index contributed by atoms with van der Waals surface area (Å²) >= 11 is 0. The SMILES string of the molecule is C=C=C1c2cc(N3CCN(CC4CCN(c5ccc(-c6ccc7c(c6)[nH]c6ccncc67)cn5)CC4)CC3)ccc2C(=O)N1C1CCC(=O)CCC12CC2.[HH].[HH]. The van der Waals surface area contributed by atoms with Gasteiger partial charge in [0, 0.05) is 125 Å². The lowest BCUT2D eigenvalue weighted by atomic mass is 9.89. The number of carbonyl (C=O) groups is 2. The van der Waals surface area contributed by atoms with Crippen molar-refractivity contribution in [3.8, 4) is 11.1 Å². The highest BCUT2D eigenvalue weighted by molar-refractivity contribution is 6.10. The molecule has 1 amide bonds. The van der Waals surface area contributed by atoms with Crippen molar-refractivity contribution in [2.24, 2.45) is 11.3 Å². The molecule has 3 aliphatic heterocycles. The third-order valence-electron chi connectivity index (χ3n) is 13.3. The van der Waals surface area contributed by atoms with E-state index in [-0.39, 0.29) is 20.2 Å². The summed E-state index contributed by atoms with van der Waals surface area (Å²) in [5.74, 6) is 2.14. The van der Waals surface area contributed by atoms with E-state index in [1.165, 1.54) is 18.2 Å². The first-order valence-electron chi connectivity index (χ1n) is 19.9. The molecule has 5 aromatic rings. The summed E-state index contributed by atoms with van der Waals surface area (Å²) in [6.07, 6.45) is 13.1. The molecule has 1 N–H and O–H groups in total. The zero-order valence-electron chi connectivity index (χ0n) is 30.9. The maximum atomic E-state index is 13.8. The number of fused-ring (bicyclic) bond motifs is 4. The van der Waals surface area contributed by atoms with Crippen LogP contribution in [0.25, 0.3) is 38.6 Å². The summed E-state index contributed by atoms with van der Waals surface area (Å²) in [4.78, 5) is 48.4. The van der Waals surface area contributed by atoms with Crippen LogP contribution in [0.2, 0.25) is 0 Å². The number of H-pyrrole nitrogens is 1. The fourth-order valence-electron chi connectivity index (χ4n) is 9.95. The van der Waals surface area contributed by atoms with E-state index >= 15 is 0 Å². The zero-order valence-corrected chi connectivity index (χ0v) is 30.9. The molecule has 5 aliphatic rings. The van der Waals surface area contributed by atoms with E-state index in [1.54, 1.807) is 0 Å². The molecule has 9 heteroatoms. The highest BCUT2D eigenvalue weighted by atomic mass is 16.2. The molecule has 1 spiro atoms. The second-order valence-corrected chi connectivity index (χ2v) is 16.3. The van der Waals surface area contributed by atoms with Gasteiger partial charge in [0.2, 0.25) is 0 Å². The van der Waals surface area contributed by atoms with Crippen LogP contribution < -0.4 is 9.80 Å². The number of pyridine rings is 2. The first kappa shape index (κ1) is 33.3. The Kier molecular flexibility index (Phi) is 8.18. The van der Waals surface area contributed by atoms with Crippen LogP contribution in [0.1, 0.15) is 70.1 Å². The normalized spacial score (nSPS) is 22.0. The predicted octanol–water partition coefficient (Wildman–Crippen LogP) is 8.18. The smallest absolute Gasteiger partial charge is 0.259 e. The minimum absolute atomic E-state index is 0. The van der Waals surface area contributed by atoms with Gasteiger partial charge in [0.1, 0.15) is 11.6 Å². The highest BCUT2D eigenvalue weighted by Gasteiger charge is 2.55. The van der Waals surface area contributed by atoms with Crippen LogP contribution in [-0.2, 0) is 4.79 Å². The number of anilines is 2. The van der Waals surface area contributed by atoms with Gasteiger partial charge in [-0.2, -0.15) is 0 Å².